The molecule has 0 spiro atoms. The Morgan fingerprint density at radius 2 is 1.86 bits per heavy atom. The molecule has 0 fully saturated rings. The third-order valence-corrected chi connectivity index (χ3v) is 4.68. The molecule has 28 heavy (non-hydrogen) atoms. The maximum Gasteiger partial charge on any atom is 0.388 e. The van der Waals surface area contributed by atoms with E-state index in [2.05, 4.69) is 9.84 Å². The number of benzene rings is 2. The molecule has 140 valence electrons. The van der Waals surface area contributed by atoms with Crippen molar-refractivity contribution in [2.75, 3.05) is 6.61 Å². The zero-order valence-electron chi connectivity index (χ0n) is 14.7. The summed E-state index contributed by atoms with van der Waals surface area (Å²) in [7, 11) is 0. The second kappa shape index (κ2) is 6.60. The zero-order valence-corrected chi connectivity index (χ0v) is 14.7. The van der Waals surface area contributed by atoms with Gasteiger partial charge in [-0.3, -0.25) is 0 Å². The van der Waals surface area contributed by atoms with Crippen LogP contribution in [0, 0.1) is 0 Å². The summed E-state index contributed by atoms with van der Waals surface area (Å²) in [5.74, 6) is 0.684. The van der Waals surface area contributed by atoms with Crippen LogP contribution in [0.15, 0.2) is 60.7 Å². The number of halogens is 2. The SMILES string of the molecule is FC(F)Oc1ccc2nc(-c3ccc4c(c3)OCC4)c(-c3ccccc3)n2n1. The predicted molar refractivity (Wildman–Crippen MR) is 99.7 cm³/mol. The van der Waals surface area contributed by atoms with Crippen molar-refractivity contribution in [3.05, 3.63) is 66.2 Å². The summed E-state index contributed by atoms with van der Waals surface area (Å²) in [4.78, 5) is 4.71. The van der Waals surface area contributed by atoms with Crippen molar-refractivity contribution in [2.45, 2.75) is 13.0 Å². The van der Waals surface area contributed by atoms with Crippen LogP contribution < -0.4 is 9.47 Å². The van der Waals surface area contributed by atoms with Crippen LogP contribution in [0.1, 0.15) is 5.56 Å². The molecule has 2 aromatic carbocycles. The van der Waals surface area contributed by atoms with E-state index in [9.17, 15) is 8.78 Å². The van der Waals surface area contributed by atoms with E-state index in [0.717, 1.165) is 23.3 Å². The molecule has 1 aliphatic rings. The molecular formula is C21H15F2N3O2. The first-order valence-corrected chi connectivity index (χ1v) is 8.85. The molecule has 0 saturated carbocycles. The summed E-state index contributed by atoms with van der Waals surface area (Å²) in [5, 5.41) is 4.23. The van der Waals surface area contributed by atoms with Gasteiger partial charge in [-0.2, -0.15) is 8.78 Å². The number of fused-ring (bicyclic) bond motifs is 2. The predicted octanol–water partition coefficient (Wildman–Crippen LogP) is 4.60. The zero-order chi connectivity index (χ0) is 19.1. The standard InChI is InChI=1S/C21H15F2N3O2/c22-21(23)28-18-9-8-17-24-19(15-7-6-13-10-11-27-16(13)12-15)20(26(17)25-18)14-4-2-1-3-5-14/h1-9,12,21H,10-11H2. The summed E-state index contributed by atoms with van der Waals surface area (Å²) < 4.78 is 37.0. The molecule has 3 heterocycles. The van der Waals surface area contributed by atoms with E-state index in [0.29, 0.717) is 23.6 Å². The first-order chi connectivity index (χ1) is 13.7. The Kier molecular flexibility index (Phi) is 3.93. The summed E-state index contributed by atoms with van der Waals surface area (Å²) >= 11 is 0. The van der Waals surface area contributed by atoms with Crippen LogP contribution >= 0.6 is 0 Å². The van der Waals surface area contributed by atoms with Crippen LogP contribution in [0.3, 0.4) is 0 Å². The molecule has 0 N–H and O–H groups in total. The molecule has 0 radical (unpaired) electrons. The molecule has 7 heteroatoms. The molecule has 0 saturated heterocycles. The van der Waals surface area contributed by atoms with Crippen molar-refractivity contribution in [2.24, 2.45) is 0 Å². The van der Waals surface area contributed by atoms with E-state index in [1.807, 2.05) is 48.5 Å². The first kappa shape index (κ1) is 16.7. The lowest BCUT2D eigenvalue weighted by Gasteiger charge is -2.08. The fourth-order valence-corrected chi connectivity index (χ4v) is 3.44. The van der Waals surface area contributed by atoms with Crippen molar-refractivity contribution in [3.63, 3.8) is 0 Å². The molecule has 1 aliphatic heterocycles. The van der Waals surface area contributed by atoms with Gasteiger partial charge in [0.2, 0.25) is 5.88 Å². The number of alkyl halides is 2. The van der Waals surface area contributed by atoms with Crippen LogP contribution in [0.5, 0.6) is 11.6 Å². The Balaban J connectivity index is 1.74. The minimum atomic E-state index is -2.94. The van der Waals surface area contributed by atoms with Gasteiger partial charge in [-0.05, 0) is 17.7 Å². The Labute approximate surface area is 159 Å². The maximum atomic E-state index is 12.6. The smallest absolute Gasteiger partial charge is 0.388 e. The maximum absolute atomic E-state index is 12.6. The molecule has 0 atom stereocenters. The highest BCUT2D eigenvalue weighted by atomic mass is 19.3. The van der Waals surface area contributed by atoms with Gasteiger partial charge < -0.3 is 9.47 Å². The summed E-state index contributed by atoms with van der Waals surface area (Å²) in [6.45, 7) is -2.27. The lowest BCUT2D eigenvalue weighted by Crippen LogP contribution is -2.06. The van der Waals surface area contributed by atoms with E-state index in [1.165, 1.54) is 16.1 Å². The Morgan fingerprint density at radius 1 is 1.00 bits per heavy atom. The van der Waals surface area contributed by atoms with Gasteiger partial charge in [-0.1, -0.05) is 42.5 Å². The van der Waals surface area contributed by atoms with Gasteiger partial charge in [0.15, 0.2) is 5.65 Å². The van der Waals surface area contributed by atoms with Crippen LogP contribution in [-0.4, -0.2) is 27.8 Å². The fraction of sp³-hybridized carbons (Fsp3) is 0.143. The van der Waals surface area contributed by atoms with Crippen LogP contribution in [0.25, 0.3) is 28.2 Å². The molecule has 0 unspecified atom stereocenters. The molecule has 5 nitrogen and oxygen atoms in total. The first-order valence-electron chi connectivity index (χ1n) is 8.85. The molecule has 0 bridgehead atoms. The molecule has 2 aromatic heterocycles. The number of hydrogen-bond donors (Lipinski definition) is 0. The van der Waals surface area contributed by atoms with Crippen molar-refractivity contribution >= 4 is 5.65 Å². The van der Waals surface area contributed by atoms with Gasteiger partial charge >= 0.3 is 6.61 Å². The quantitative estimate of drug-likeness (QED) is 0.520. The van der Waals surface area contributed by atoms with Gasteiger partial charge in [0.25, 0.3) is 0 Å². The highest BCUT2D eigenvalue weighted by Gasteiger charge is 2.20. The topological polar surface area (TPSA) is 48.7 Å². The lowest BCUT2D eigenvalue weighted by molar-refractivity contribution is -0.0535. The highest BCUT2D eigenvalue weighted by Crippen LogP contribution is 2.36. The average molecular weight is 379 g/mol. The summed E-state index contributed by atoms with van der Waals surface area (Å²) in [6.07, 6.45) is 0.891. The largest absolute Gasteiger partial charge is 0.493 e. The summed E-state index contributed by atoms with van der Waals surface area (Å²) in [5.41, 5.74) is 4.85. The van der Waals surface area contributed by atoms with Gasteiger partial charge in [-0.25, -0.2) is 9.50 Å². The number of ether oxygens (including phenoxy) is 2. The van der Waals surface area contributed by atoms with Crippen LogP contribution in [-0.2, 0) is 6.42 Å². The highest BCUT2D eigenvalue weighted by molar-refractivity contribution is 5.82. The summed E-state index contributed by atoms with van der Waals surface area (Å²) in [6, 6.07) is 18.6. The molecule has 0 amide bonds. The normalized spacial score (nSPS) is 13.0. The van der Waals surface area contributed by atoms with E-state index in [4.69, 9.17) is 9.72 Å². The molecular weight excluding hydrogens is 364 g/mol. The van der Waals surface area contributed by atoms with E-state index < -0.39 is 6.61 Å². The minimum Gasteiger partial charge on any atom is -0.493 e. The number of aromatic nitrogens is 3. The Bertz CT molecular complexity index is 1160. The Morgan fingerprint density at radius 3 is 2.68 bits per heavy atom. The Hall–Kier alpha value is -3.48. The number of rotatable bonds is 4. The van der Waals surface area contributed by atoms with Gasteiger partial charge in [0.05, 0.1) is 12.3 Å². The average Bonchev–Trinajstić information content (AvgIpc) is 3.31. The second-order valence-electron chi connectivity index (χ2n) is 6.42. The third-order valence-electron chi connectivity index (χ3n) is 4.68. The van der Waals surface area contributed by atoms with E-state index in [1.54, 1.807) is 6.07 Å². The molecule has 4 aromatic rings. The van der Waals surface area contributed by atoms with Crippen LogP contribution in [0.4, 0.5) is 8.78 Å². The fourth-order valence-electron chi connectivity index (χ4n) is 3.44. The van der Waals surface area contributed by atoms with E-state index in [-0.39, 0.29) is 5.88 Å². The van der Waals surface area contributed by atoms with Crippen molar-refractivity contribution in [1.82, 2.24) is 14.6 Å². The molecule has 0 aliphatic carbocycles. The van der Waals surface area contributed by atoms with Crippen LogP contribution in [0.2, 0.25) is 0 Å². The van der Waals surface area contributed by atoms with Crippen molar-refractivity contribution in [3.8, 4) is 34.1 Å². The second-order valence-corrected chi connectivity index (χ2v) is 6.42. The van der Waals surface area contributed by atoms with Crippen molar-refractivity contribution < 1.29 is 18.3 Å². The number of imidazole rings is 1. The van der Waals surface area contributed by atoms with Gasteiger partial charge in [0.1, 0.15) is 11.4 Å². The van der Waals surface area contributed by atoms with Crippen molar-refractivity contribution in [1.29, 1.82) is 0 Å². The monoisotopic (exact) mass is 379 g/mol. The minimum absolute atomic E-state index is 0.166. The van der Waals surface area contributed by atoms with Gasteiger partial charge in [0, 0.05) is 23.6 Å². The number of hydrogen-bond acceptors (Lipinski definition) is 4. The third kappa shape index (κ3) is 2.85. The van der Waals surface area contributed by atoms with Gasteiger partial charge in [-0.15, -0.1) is 5.10 Å². The lowest BCUT2D eigenvalue weighted by atomic mass is 10.0. The molecule has 5 rings (SSSR count). The van der Waals surface area contributed by atoms with E-state index >= 15 is 0 Å². The number of nitrogens with zero attached hydrogens (tertiary/aromatic N) is 3.